The van der Waals surface area contributed by atoms with E-state index in [9.17, 15) is 4.79 Å². The largest absolute Gasteiger partial charge is 0.323 e. The molecule has 0 fully saturated rings. The Morgan fingerprint density at radius 3 is 2.74 bits per heavy atom. The molecule has 1 heterocycles. The molecule has 1 aliphatic rings. The van der Waals surface area contributed by atoms with Crippen LogP contribution >= 0.6 is 11.3 Å². The van der Waals surface area contributed by atoms with Crippen LogP contribution in [-0.4, -0.2) is 23.0 Å². The van der Waals surface area contributed by atoms with Crippen LogP contribution in [-0.2, 0) is 19.4 Å². The van der Waals surface area contributed by atoms with Gasteiger partial charge in [-0.15, -0.1) is 11.3 Å². The number of fused-ring (bicyclic) bond motifs is 1. The van der Waals surface area contributed by atoms with Gasteiger partial charge >= 0.3 is 6.03 Å². The summed E-state index contributed by atoms with van der Waals surface area (Å²) in [5.74, 6) is 0. The SMILES string of the molecule is Cc1ccc(CN(C)C(=O)Nc2nc3c(s2)CCCCC3)cc1. The summed E-state index contributed by atoms with van der Waals surface area (Å²) in [6.07, 6.45) is 5.86. The number of carbonyl (C=O) groups excluding carboxylic acids is 1. The normalized spacial score (nSPS) is 14.0. The van der Waals surface area contributed by atoms with Crippen LogP contribution in [0.4, 0.5) is 9.93 Å². The zero-order valence-corrected chi connectivity index (χ0v) is 14.6. The van der Waals surface area contributed by atoms with Gasteiger partial charge in [0.1, 0.15) is 0 Å². The van der Waals surface area contributed by atoms with Gasteiger partial charge in [-0.3, -0.25) is 5.32 Å². The number of anilines is 1. The Hall–Kier alpha value is -1.88. The molecule has 1 aliphatic carbocycles. The molecule has 1 aromatic carbocycles. The molecule has 0 radical (unpaired) electrons. The van der Waals surface area contributed by atoms with Gasteiger partial charge in [0.25, 0.3) is 0 Å². The highest BCUT2D eigenvalue weighted by Crippen LogP contribution is 2.29. The smallest absolute Gasteiger partial charge is 0.323 e. The lowest BCUT2D eigenvalue weighted by Crippen LogP contribution is -2.30. The van der Waals surface area contributed by atoms with Gasteiger partial charge in [-0.1, -0.05) is 36.2 Å². The monoisotopic (exact) mass is 329 g/mol. The van der Waals surface area contributed by atoms with Crippen LogP contribution in [0.1, 0.15) is 41.0 Å². The third-order valence-corrected chi connectivity index (χ3v) is 5.27. The van der Waals surface area contributed by atoms with Crippen molar-refractivity contribution in [3.05, 3.63) is 46.0 Å². The highest BCUT2D eigenvalue weighted by Gasteiger charge is 2.17. The zero-order chi connectivity index (χ0) is 16.2. The van der Waals surface area contributed by atoms with Gasteiger partial charge in [0.2, 0.25) is 0 Å². The topological polar surface area (TPSA) is 45.2 Å². The Morgan fingerprint density at radius 2 is 1.96 bits per heavy atom. The van der Waals surface area contributed by atoms with E-state index in [-0.39, 0.29) is 6.03 Å². The van der Waals surface area contributed by atoms with Gasteiger partial charge in [0.15, 0.2) is 5.13 Å². The molecular weight excluding hydrogens is 306 g/mol. The molecular formula is C18H23N3OS. The van der Waals surface area contributed by atoms with E-state index in [1.165, 1.54) is 35.4 Å². The summed E-state index contributed by atoms with van der Waals surface area (Å²) in [5.41, 5.74) is 3.54. The van der Waals surface area contributed by atoms with Crippen molar-refractivity contribution in [2.24, 2.45) is 0 Å². The maximum atomic E-state index is 12.3. The van der Waals surface area contributed by atoms with Crippen LogP contribution in [0, 0.1) is 6.92 Å². The Labute approximate surface area is 141 Å². The predicted molar refractivity (Wildman–Crippen MR) is 95.0 cm³/mol. The van der Waals surface area contributed by atoms with Crippen LogP contribution < -0.4 is 5.32 Å². The molecule has 23 heavy (non-hydrogen) atoms. The fourth-order valence-electron chi connectivity index (χ4n) is 2.81. The third kappa shape index (κ3) is 4.10. The second-order valence-electron chi connectivity index (χ2n) is 6.22. The minimum absolute atomic E-state index is 0.102. The fourth-order valence-corrected chi connectivity index (χ4v) is 3.85. The number of nitrogens with zero attached hydrogens (tertiary/aromatic N) is 2. The minimum atomic E-state index is -0.102. The Morgan fingerprint density at radius 1 is 1.22 bits per heavy atom. The Balaban J connectivity index is 1.61. The molecule has 0 spiro atoms. The molecule has 0 unspecified atom stereocenters. The first-order valence-electron chi connectivity index (χ1n) is 8.18. The van der Waals surface area contributed by atoms with E-state index in [4.69, 9.17) is 0 Å². The van der Waals surface area contributed by atoms with Crippen LogP contribution in [0.25, 0.3) is 0 Å². The van der Waals surface area contributed by atoms with Crippen molar-refractivity contribution in [1.29, 1.82) is 0 Å². The maximum absolute atomic E-state index is 12.3. The first kappa shape index (κ1) is 16.0. The molecule has 1 aromatic heterocycles. The number of amides is 2. The summed E-state index contributed by atoms with van der Waals surface area (Å²) >= 11 is 1.63. The first-order chi connectivity index (χ1) is 11.1. The average molecular weight is 329 g/mol. The summed E-state index contributed by atoms with van der Waals surface area (Å²) in [6, 6.07) is 8.15. The molecule has 4 nitrogen and oxygen atoms in total. The molecule has 0 aliphatic heterocycles. The lowest BCUT2D eigenvalue weighted by molar-refractivity contribution is 0.220. The number of thiazole rings is 1. The summed E-state index contributed by atoms with van der Waals surface area (Å²) in [7, 11) is 1.81. The van der Waals surface area contributed by atoms with Crippen molar-refractivity contribution in [3.8, 4) is 0 Å². The van der Waals surface area contributed by atoms with E-state index in [1.54, 1.807) is 16.2 Å². The van der Waals surface area contributed by atoms with Crippen molar-refractivity contribution in [1.82, 2.24) is 9.88 Å². The fraction of sp³-hybridized carbons (Fsp3) is 0.444. The Bertz CT molecular complexity index is 655. The molecule has 0 atom stereocenters. The predicted octanol–water partition coefficient (Wildman–Crippen LogP) is 4.38. The van der Waals surface area contributed by atoms with E-state index < -0.39 is 0 Å². The molecule has 2 amide bonds. The maximum Gasteiger partial charge on any atom is 0.323 e. The lowest BCUT2D eigenvalue weighted by Gasteiger charge is -2.17. The number of benzene rings is 1. The standard InChI is InChI=1S/C18H23N3OS/c1-13-8-10-14(11-9-13)12-21(2)18(22)20-17-19-15-6-4-3-5-7-16(15)23-17/h8-11H,3-7,12H2,1-2H3,(H,19,20,22). The van der Waals surface area contributed by atoms with E-state index >= 15 is 0 Å². The molecule has 0 saturated heterocycles. The second-order valence-corrected chi connectivity index (χ2v) is 7.30. The number of carbonyl (C=O) groups is 1. The number of urea groups is 1. The third-order valence-electron chi connectivity index (χ3n) is 4.20. The summed E-state index contributed by atoms with van der Waals surface area (Å²) in [4.78, 5) is 20.0. The molecule has 2 aromatic rings. The molecule has 1 N–H and O–H groups in total. The van der Waals surface area contributed by atoms with Crippen LogP contribution in [0.2, 0.25) is 0 Å². The first-order valence-corrected chi connectivity index (χ1v) is 9.00. The zero-order valence-electron chi connectivity index (χ0n) is 13.8. The van der Waals surface area contributed by atoms with Gasteiger partial charge in [-0.2, -0.15) is 0 Å². The van der Waals surface area contributed by atoms with E-state index in [0.29, 0.717) is 6.54 Å². The van der Waals surface area contributed by atoms with E-state index in [2.05, 4.69) is 41.5 Å². The second kappa shape index (κ2) is 7.13. The number of hydrogen-bond acceptors (Lipinski definition) is 3. The molecule has 3 rings (SSSR count). The quantitative estimate of drug-likeness (QED) is 0.849. The van der Waals surface area contributed by atoms with Crippen LogP contribution in [0.15, 0.2) is 24.3 Å². The van der Waals surface area contributed by atoms with Crippen molar-refractivity contribution in [3.63, 3.8) is 0 Å². The molecule has 0 bridgehead atoms. The van der Waals surface area contributed by atoms with E-state index in [0.717, 1.165) is 23.5 Å². The lowest BCUT2D eigenvalue weighted by atomic mass is 10.1. The van der Waals surface area contributed by atoms with Gasteiger partial charge in [-0.05, 0) is 38.2 Å². The summed E-state index contributed by atoms with van der Waals surface area (Å²) in [5, 5.41) is 3.68. The molecule has 5 heteroatoms. The highest BCUT2D eigenvalue weighted by atomic mass is 32.1. The minimum Gasteiger partial charge on any atom is -0.323 e. The Kier molecular flexibility index (Phi) is 4.96. The van der Waals surface area contributed by atoms with Crippen molar-refractivity contribution < 1.29 is 4.79 Å². The number of aromatic nitrogens is 1. The van der Waals surface area contributed by atoms with Gasteiger partial charge in [-0.25, -0.2) is 9.78 Å². The van der Waals surface area contributed by atoms with Gasteiger partial charge in [0.05, 0.1) is 5.69 Å². The number of aryl methyl sites for hydroxylation is 3. The van der Waals surface area contributed by atoms with Crippen molar-refractivity contribution in [2.75, 3.05) is 12.4 Å². The van der Waals surface area contributed by atoms with Crippen molar-refractivity contribution >= 4 is 22.5 Å². The average Bonchev–Trinajstić information content (AvgIpc) is 2.78. The van der Waals surface area contributed by atoms with E-state index in [1.807, 2.05) is 7.05 Å². The highest BCUT2D eigenvalue weighted by molar-refractivity contribution is 7.15. The number of rotatable bonds is 3. The number of hydrogen-bond donors (Lipinski definition) is 1. The molecule has 122 valence electrons. The number of nitrogens with one attached hydrogen (secondary N) is 1. The van der Waals surface area contributed by atoms with Crippen LogP contribution in [0.3, 0.4) is 0 Å². The van der Waals surface area contributed by atoms with Crippen molar-refractivity contribution in [2.45, 2.75) is 45.6 Å². The van der Waals surface area contributed by atoms with Gasteiger partial charge in [0, 0.05) is 18.5 Å². The van der Waals surface area contributed by atoms with Gasteiger partial charge < -0.3 is 4.90 Å². The summed E-state index contributed by atoms with van der Waals surface area (Å²) in [6.45, 7) is 2.66. The van der Waals surface area contributed by atoms with Crippen LogP contribution in [0.5, 0.6) is 0 Å². The molecule has 0 saturated carbocycles. The summed E-state index contributed by atoms with van der Waals surface area (Å²) < 4.78 is 0.